The predicted octanol–water partition coefficient (Wildman–Crippen LogP) is 1.89. The number of nitrogens with one attached hydrogen (secondary N) is 1. The fourth-order valence-corrected chi connectivity index (χ4v) is 2.29. The minimum absolute atomic E-state index is 0.207. The molecule has 0 aliphatic heterocycles. The van der Waals surface area contributed by atoms with Gasteiger partial charge in [0.2, 0.25) is 0 Å². The maximum atomic E-state index is 9.99. The minimum Gasteiger partial charge on any atom is -0.392 e. The number of rotatable bonds is 3. The third kappa shape index (κ3) is 2.35. The van der Waals surface area contributed by atoms with Crippen molar-refractivity contribution in [3.05, 3.63) is 18.2 Å². The molecule has 0 aromatic carbocycles. The summed E-state index contributed by atoms with van der Waals surface area (Å²) < 4.78 is 0. The lowest BCUT2D eigenvalue weighted by Crippen LogP contribution is -2.25. The Morgan fingerprint density at radius 2 is 2.21 bits per heavy atom. The Hall–Kier alpha value is -0.830. The van der Waals surface area contributed by atoms with Gasteiger partial charge in [-0.2, -0.15) is 0 Å². The molecule has 1 saturated carbocycles. The number of aliphatic hydroxyl groups excluding tert-OH is 1. The Morgan fingerprint density at radius 3 is 2.86 bits per heavy atom. The van der Waals surface area contributed by atoms with Crippen LogP contribution < -0.4 is 0 Å². The van der Waals surface area contributed by atoms with Crippen LogP contribution in [0.15, 0.2) is 12.4 Å². The van der Waals surface area contributed by atoms with Crippen LogP contribution in [0.25, 0.3) is 0 Å². The Labute approximate surface area is 84.6 Å². The van der Waals surface area contributed by atoms with E-state index in [2.05, 4.69) is 9.97 Å². The van der Waals surface area contributed by atoms with E-state index in [1.165, 1.54) is 32.1 Å². The second kappa shape index (κ2) is 4.60. The van der Waals surface area contributed by atoms with Crippen molar-refractivity contribution in [3.8, 4) is 0 Å². The van der Waals surface area contributed by atoms with E-state index in [0.717, 1.165) is 5.82 Å². The Kier molecular flexibility index (Phi) is 3.19. The summed E-state index contributed by atoms with van der Waals surface area (Å²) in [5.41, 5.74) is 0. The number of hydrogen-bond donors (Lipinski definition) is 2. The molecule has 3 nitrogen and oxygen atoms in total. The zero-order valence-corrected chi connectivity index (χ0v) is 8.45. The first-order valence-electron chi connectivity index (χ1n) is 5.52. The summed E-state index contributed by atoms with van der Waals surface area (Å²) in [7, 11) is 0. The number of aliphatic hydroxyl groups is 1. The van der Waals surface area contributed by atoms with Crippen LogP contribution in [0, 0.1) is 5.92 Å². The van der Waals surface area contributed by atoms with Crippen molar-refractivity contribution in [2.45, 2.75) is 44.6 Å². The van der Waals surface area contributed by atoms with Crippen molar-refractivity contribution in [2.24, 2.45) is 5.92 Å². The van der Waals surface area contributed by atoms with Crippen LogP contribution in [0.2, 0.25) is 0 Å². The van der Waals surface area contributed by atoms with Crippen LogP contribution in [0.1, 0.15) is 37.9 Å². The molecule has 1 atom stereocenters. The zero-order chi connectivity index (χ0) is 9.80. The third-order valence-electron chi connectivity index (χ3n) is 3.15. The molecule has 1 fully saturated rings. The van der Waals surface area contributed by atoms with Gasteiger partial charge in [-0.3, -0.25) is 0 Å². The standard InChI is InChI=1S/C11H18N2O/c14-10(8-11-12-6-7-13-11)9-4-2-1-3-5-9/h6-7,9-10,14H,1-5,8H2,(H,12,13). The van der Waals surface area contributed by atoms with Crippen LogP contribution in [0.3, 0.4) is 0 Å². The molecule has 1 aliphatic rings. The van der Waals surface area contributed by atoms with Crippen LogP contribution in [-0.4, -0.2) is 21.2 Å². The highest BCUT2D eigenvalue weighted by atomic mass is 16.3. The molecule has 0 spiro atoms. The summed E-state index contributed by atoms with van der Waals surface area (Å²) in [6.45, 7) is 0. The number of aromatic amines is 1. The molecule has 2 N–H and O–H groups in total. The summed E-state index contributed by atoms with van der Waals surface area (Å²) >= 11 is 0. The molecule has 2 rings (SSSR count). The molecule has 1 unspecified atom stereocenters. The maximum absolute atomic E-state index is 9.99. The number of aromatic nitrogens is 2. The summed E-state index contributed by atoms with van der Waals surface area (Å²) in [4.78, 5) is 7.17. The molecular formula is C11H18N2O. The van der Waals surface area contributed by atoms with E-state index in [0.29, 0.717) is 12.3 Å². The third-order valence-corrected chi connectivity index (χ3v) is 3.15. The van der Waals surface area contributed by atoms with Crippen molar-refractivity contribution >= 4 is 0 Å². The SMILES string of the molecule is OC(Cc1ncc[nH]1)C1CCCCC1. The van der Waals surface area contributed by atoms with Crippen molar-refractivity contribution in [2.75, 3.05) is 0 Å². The van der Waals surface area contributed by atoms with E-state index in [1.807, 2.05) is 6.20 Å². The molecule has 0 radical (unpaired) electrons. The summed E-state index contributed by atoms with van der Waals surface area (Å²) in [6.07, 6.45) is 10.3. The van der Waals surface area contributed by atoms with Gasteiger partial charge >= 0.3 is 0 Å². The average Bonchev–Trinajstić information content (AvgIpc) is 2.72. The van der Waals surface area contributed by atoms with E-state index in [9.17, 15) is 5.11 Å². The monoisotopic (exact) mass is 194 g/mol. The van der Waals surface area contributed by atoms with Gasteiger partial charge in [0.1, 0.15) is 5.82 Å². The number of imidazole rings is 1. The van der Waals surface area contributed by atoms with Gasteiger partial charge in [0.25, 0.3) is 0 Å². The van der Waals surface area contributed by atoms with E-state index in [1.54, 1.807) is 6.20 Å². The first-order chi connectivity index (χ1) is 6.86. The van der Waals surface area contributed by atoms with Gasteiger partial charge in [0.05, 0.1) is 6.10 Å². The molecule has 0 amide bonds. The molecule has 78 valence electrons. The summed E-state index contributed by atoms with van der Waals surface area (Å²) in [5, 5.41) is 9.99. The van der Waals surface area contributed by atoms with Gasteiger partial charge in [-0.15, -0.1) is 0 Å². The van der Waals surface area contributed by atoms with E-state index < -0.39 is 0 Å². The highest BCUT2D eigenvalue weighted by Crippen LogP contribution is 2.27. The molecule has 1 aromatic rings. The molecule has 0 saturated heterocycles. The quantitative estimate of drug-likeness (QED) is 0.772. The minimum atomic E-state index is -0.207. The molecule has 3 heteroatoms. The fraction of sp³-hybridized carbons (Fsp3) is 0.727. The number of nitrogens with zero attached hydrogens (tertiary/aromatic N) is 1. The van der Waals surface area contributed by atoms with Gasteiger partial charge < -0.3 is 10.1 Å². The fourth-order valence-electron chi connectivity index (χ4n) is 2.29. The number of hydrogen-bond acceptors (Lipinski definition) is 2. The lowest BCUT2D eigenvalue weighted by molar-refractivity contribution is 0.0835. The topological polar surface area (TPSA) is 48.9 Å². The second-order valence-electron chi connectivity index (χ2n) is 4.21. The lowest BCUT2D eigenvalue weighted by Gasteiger charge is -2.25. The first kappa shape index (κ1) is 9.71. The van der Waals surface area contributed by atoms with E-state index in [-0.39, 0.29) is 6.10 Å². The van der Waals surface area contributed by atoms with E-state index >= 15 is 0 Å². The molecule has 1 aliphatic carbocycles. The van der Waals surface area contributed by atoms with Crippen LogP contribution in [0.5, 0.6) is 0 Å². The van der Waals surface area contributed by atoms with Gasteiger partial charge in [-0.05, 0) is 18.8 Å². The molecule has 14 heavy (non-hydrogen) atoms. The van der Waals surface area contributed by atoms with Crippen molar-refractivity contribution in [1.29, 1.82) is 0 Å². The summed E-state index contributed by atoms with van der Waals surface area (Å²) in [6, 6.07) is 0. The highest BCUT2D eigenvalue weighted by molar-refractivity contribution is 4.91. The smallest absolute Gasteiger partial charge is 0.108 e. The van der Waals surface area contributed by atoms with E-state index in [4.69, 9.17) is 0 Å². The van der Waals surface area contributed by atoms with Crippen LogP contribution in [-0.2, 0) is 6.42 Å². The number of H-pyrrole nitrogens is 1. The zero-order valence-electron chi connectivity index (χ0n) is 8.45. The normalized spacial score (nSPS) is 20.9. The molecule has 0 bridgehead atoms. The van der Waals surface area contributed by atoms with Crippen molar-refractivity contribution in [3.63, 3.8) is 0 Å². The van der Waals surface area contributed by atoms with Gasteiger partial charge in [0.15, 0.2) is 0 Å². The Balaban J connectivity index is 1.85. The predicted molar refractivity (Wildman–Crippen MR) is 54.9 cm³/mol. The Morgan fingerprint density at radius 1 is 1.43 bits per heavy atom. The van der Waals surface area contributed by atoms with Gasteiger partial charge in [-0.25, -0.2) is 4.98 Å². The molecule has 1 aromatic heterocycles. The highest BCUT2D eigenvalue weighted by Gasteiger charge is 2.22. The Bertz CT molecular complexity index is 252. The average molecular weight is 194 g/mol. The maximum Gasteiger partial charge on any atom is 0.108 e. The first-order valence-corrected chi connectivity index (χ1v) is 5.52. The summed E-state index contributed by atoms with van der Waals surface area (Å²) in [5.74, 6) is 1.40. The van der Waals surface area contributed by atoms with Gasteiger partial charge in [0, 0.05) is 18.8 Å². The molecule has 1 heterocycles. The van der Waals surface area contributed by atoms with Crippen LogP contribution >= 0.6 is 0 Å². The van der Waals surface area contributed by atoms with Crippen molar-refractivity contribution in [1.82, 2.24) is 9.97 Å². The van der Waals surface area contributed by atoms with Crippen LogP contribution in [0.4, 0.5) is 0 Å². The van der Waals surface area contributed by atoms with Crippen molar-refractivity contribution < 1.29 is 5.11 Å². The lowest BCUT2D eigenvalue weighted by atomic mass is 9.84. The molecular weight excluding hydrogens is 176 g/mol. The second-order valence-corrected chi connectivity index (χ2v) is 4.21. The van der Waals surface area contributed by atoms with Gasteiger partial charge in [-0.1, -0.05) is 19.3 Å². The largest absolute Gasteiger partial charge is 0.392 e.